The van der Waals surface area contributed by atoms with Crippen LogP contribution in [0.1, 0.15) is 0 Å². The number of benzene rings is 4. The first-order valence-electron chi connectivity index (χ1n) is 8.52. The maximum absolute atomic E-state index is 14.4. The Balaban J connectivity index is 1.99. The van der Waals surface area contributed by atoms with E-state index in [0.29, 0.717) is 0 Å². The third-order valence-corrected chi connectivity index (χ3v) is 7.70. The Hall–Kier alpha value is -2.83. The van der Waals surface area contributed by atoms with Crippen molar-refractivity contribution in [2.24, 2.45) is 0 Å². The molecule has 0 bridgehead atoms. The Morgan fingerprint density at radius 1 is 0.654 bits per heavy atom. The van der Waals surface area contributed by atoms with Gasteiger partial charge in [-0.25, -0.2) is 0 Å². The van der Waals surface area contributed by atoms with Gasteiger partial charge in [0.1, 0.15) is 5.75 Å². The van der Waals surface area contributed by atoms with Crippen molar-refractivity contribution in [1.29, 1.82) is 0 Å². The minimum atomic E-state index is -2.95. The third kappa shape index (κ3) is 2.73. The van der Waals surface area contributed by atoms with Crippen molar-refractivity contribution in [3.05, 3.63) is 97.1 Å². The summed E-state index contributed by atoms with van der Waals surface area (Å²) in [4.78, 5) is 0. The molecular formula is C23H19O2P. The van der Waals surface area contributed by atoms with Crippen molar-refractivity contribution in [3.8, 4) is 5.75 Å². The Morgan fingerprint density at radius 2 is 1.27 bits per heavy atom. The lowest BCUT2D eigenvalue weighted by Crippen LogP contribution is -2.24. The van der Waals surface area contributed by atoms with Crippen molar-refractivity contribution in [3.63, 3.8) is 0 Å². The van der Waals surface area contributed by atoms with E-state index in [0.717, 1.165) is 32.4 Å². The standard InChI is InChI=1S/C23H19O2P/c1-25-23-14-8-9-18-17-21(15-16-22(18)23)26(24,19-10-4-2-5-11-19)20-12-6-3-7-13-20/h2-17H,1H3. The molecule has 0 saturated heterocycles. The lowest BCUT2D eigenvalue weighted by Gasteiger charge is -2.20. The molecule has 0 spiro atoms. The molecular weight excluding hydrogens is 339 g/mol. The van der Waals surface area contributed by atoms with E-state index in [4.69, 9.17) is 4.74 Å². The molecule has 0 aliphatic heterocycles. The molecule has 0 saturated carbocycles. The zero-order chi connectivity index (χ0) is 18.0. The van der Waals surface area contributed by atoms with Crippen LogP contribution < -0.4 is 20.7 Å². The molecule has 0 aromatic heterocycles. The molecule has 0 unspecified atom stereocenters. The van der Waals surface area contributed by atoms with Crippen LogP contribution in [-0.2, 0) is 4.57 Å². The molecule has 4 aromatic rings. The smallest absolute Gasteiger partial charge is 0.171 e. The highest BCUT2D eigenvalue weighted by Crippen LogP contribution is 2.43. The Bertz CT molecular complexity index is 1050. The zero-order valence-corrected chi connectivity index (χ0v) is 15.4. The van der Waals surface area contributed by atoms with E-state index in [1.807, 2.05) is 97.1 Å². The summed E-state index contributed by atoms with van der Waals surface area (Å²) in [7, 11) is -1.28. The van der Waals surface area contributed by atoms with Gasteiger partial charge in [0.2, 0.25) is 0 Å². The van der Waals surface area contributed by atoms with Crippen LogP contribution in [0.25, 0.3) is 10.8 Å². The zero-order valence-electron chi connectivity index (χ0n) is 14.5. The van der Waals surface area contributed by atoms with Crippen molar-refractivity contribution in [2.45, 2.75) is 0 Å². The minimum Gasteiger partial charge on any atom is -0.496 e. The van der Waals surface area contributed by atoms with Crippen LogP contribution in [0.2, 0.25) is 0 Å². The molecule has 26 heavy (non-hydrogen) atoms. The fourth-order valence-corrected chi connectivity index (χ4v) is 6.02. The normalized spacial score (nSPS) is 11.4. The van der Waals surface area contributed by atoms with E-state index in [9.17, 15) is 4.57 Å². The van der Waals surface area contributed by atoms with Gasteiger partial charge < -0.3 is 9.30 Å². The number of methoxy groups -OCH3 is 1. The highest BCUT2D eigenvalue weighted by atomic mass is 31.2. The third-order valence-electron chi connectivity index (χ3n) is 4.65. The number of hydrogen-bond donors (Lipinski definition) is 0. The largest absolute Gasteiger partial charge is 0.496 e. The van der Waals surface area contributed by atoms with Crippen molar-refractivity contribution >= 4 is 33.8 Å². The van der Waals surface area contributed by atoms with Gasteiger partial charge in [0.25, 0.3) is 0 Å². The summed E-state index contributed by atoms with van der Waals surface area (Å²) in [5.74, 6) is 0.823. The fraction of sp³-hybridized carbons (Fsp3) is 0.0435. The van der Waals surface area contributed by atoms with Crippen LogP contribution in [0.15, 0.2) is 97.1 Å². The summed E-state index contributed by atoms with van der Waals surface area (Å²) in [6, 6.07) is 31.4. The Morgan fingerprint density at radius 3 is 1.85 bits per heavy atom. The number of ether oxygens (including phenoxy) is 1. The van der Waals surface area contributed by atoms with Gasteiger partial charge in [-0.2, -0.15) is 0 Å². The topological polar surface area (TPSA) is 26.3 Å². The number of hydrogen-bond acceptors (Lipinski definition) is 2. The highest BCUT2D eigenvalue weighted by molar-refractivity contribution is 7.85. The van der Waals surface area contributed by atoms with Crippen LogP contribution in [0, 0.1) is 0 Å². The lowest BCUT2D eigenvalue weighted by atomic mass is 10.1. The second-order valence-corrected chi connectivity index (χ2v) is 8.91. The first-order chi connectivity index (χ1) is 12.7. The molecule has 0 N–H and O–H groups in total. The van der Waals surface area contributed by atoms with Gasteiger partial charge in [-0.3, -0.25) is 0 Å². The van der Waals surface area contributed by atoms with E-state index >= 15 is 0 Å². The van der Waals surface area contributed by atoms with Crippen LogP contribution in [0.5, 0.6) is 5.75 Å². The monoisotopic (exact) mass is 358 g/mol. The summed E-state index contributed by atoms with van der Waals surface area (Å²) >= 11 is 0. The van der Waals surface area contributed by atoms with E-state index < -0.39 is 7.14 Å². The molecule has 0 heterocycles. The first-order valence-corrected chi connectivity index (χ1v) is 10.2. The van der Waals surface area contributed by atoms with E-state index in [1.165, 1.54) is 0 Å². The molecule has 0 radical (unpaired) electrons. The van der Waals surface area contributed by atoms with Gasteiger partial charge in [0.15, 0.2) is 7.14 Å². The maximum atomic E-state index is 14.4. The lowest BCUT2D eigenvalue weighted by molar-refractivity contribution is 0.420. The van der Waals surface area contributed by atoms with Crippen molar-refractivity contribution in [2.75, 3.05) is 7.11 Å². The first kappa shape index (κ1) is 16.6. The molecule has 0 aliphatic carbocycles. The molecule has 0 fully saturated rings. The van der Waals surface area contributed by atoms with E-state index in [2.05, 4.69) is 0 Å². The molecule has 0 atom stereocenters. The maximum Gasteiger partial charge on any atom is 0.171 e. The molecule has 4 rings (SSSR count). The minimum absolute atomic E-state index is 0.823. The van der Waals surface area contributed by atoms with Gasteiger partial charge >= 0.3 is 0 Å². The van der Waals surface area contributed by atoms with Gasteiger partial charge in [-0.1, -0.05) is 78.9 Å². The van der Waals surface area contributed by atoms with Crippen LogP contribution >= 0.6 is 7.14 Å². The molecule has 0 amide bonds. The van der Waals surface area contributed by atoms with Crippen LogP contribution in [0.3, 0.4) is 0 Å². The summed E-state index contributed by atoms with van der Waals surface area (Å²) in [6.45, 7) is 0. The number of rotatable bonds is 4. The SMILES string of the molecule is COc1cccc2cc(P(=O)(c3ccccc3)c3ccccc3)ccc12. The summed E-state index contributed by atoms with van der Waals surface area (Å²) < 4.78 is 19.8. The Labute approximate surface area is 153 Å². The van der Waals surface area contributed by atoms with Crippen LogP contribution in [-0.4, -0.2) is 7.11 Å². The molecule has 3 heteroatoms. The Kier molecular flexibility index (Phi) is 4.36. The quantitative estimate of drug-likeness (QED) is 0.503. The molecule has 4 aromatic carbocycles. The average molecular weight is 358 g/mol. The predicted octanol–water partition coefficient (Wildman–Crippen LogP) is 4.49. The summed E-state index contributed by atoms with van der Waals surface area (Å²) in [5, 5.41) is 4.55. The molecule has 2 nitrogen and oxygen atoms in total. The second kappa shape index (κ2) is 6.82. The van der Waals surface area contributed by atoms with Gasteiger partial charge in [-0.05, 0) is 23.6 Å². The van der Waals surface area contributed by atoms with Crippen LogP contribution in [0.4, 0.5) is 0 Å². The molecule has 0 aliphatic rings. The second-order valence-electron chi connectivity index (χ2n) is 6.15. The summed E-state index contributed by atoms with van der Waals surface area (Å²) in [5.41, 5.74) is 0. The molecule has 128 valence electrons. The van der Waals surface area contributed by atoms with E-state index in [1.54, 1.807) is 7.11 Å². The van der Waals surface area contributed by atoms with Gasteiger partial charge in [-0.15, -0.1) is 0 Å². The van der Waals surface area contributed by atoms with E-state index in [-0.39, 0.29) is 0 Å². The predicted molar refractivity (Wildman–Crippen MR) is 110 cm³/mol. The van der Waals surface area contributed by atoms with Gasteiger partial charge in [0.05, 0.1) is 7.11 Å². The average Bonchev–Trinajstić information content (AvgIpc) is 2.73. The summed E-state index contributed by atoms with van der Waals surface area (Å²) in [6.07, 6.45) is 0. The van der Waals surface area contributed by atoms with Gasteiger partial charge in [0, 0.05) is 21.3 Å². The van der Waals surface area contributed by atoms with Crippen molar-refractivity contribution in [1.82, 2.24) is 0 Å². The van der Waals surface area contributed by atoms with Crippen molar-refractivity contribution < 1.29 is 9.30 Å². The highest BCUT2D eigenvalue weighted by Gasteiger charge is 2.29. The fourth-order valence-electron chi connectivity index (χ4n) is 3.34. The number of fused-ring (bicyclic) bond motifs is 1.